The molecule has 1 heterocycles. The van der Waals surface area contributed by atoms with Crippen molar-refractivity contribution >= 4 is 5.97 Å². The van der Waals surface area contributed by atoms with Gasteiger partial charge in [-0.25, -0.2) is 0 Å². The van der Waals surface area contributed by atoms with Gasteiger partial charge in [-0.2, -0.15) is 0 Å². The number of aliphatic hydroxyl groups excluding tert-OH is 4. The van der Waals surface area contributed by atoms with Gasteiger partial charge < -0.3 is 30.3 Å². The van der Waals surface area contributed by atoms with Crippen LogP contribution in [-0.2, 0) is 9.53 Å². The molecule has 1 aliphatic rings. The van der Waals surface area contributed by atoms with Gasteiger partial charge in [-0.3, -0.25) is 4.79 Å². The number of aliphatic hydroxyl groups is 4. The van der Waals surface area contributed by atoms with Crippen molar-refractivity contribution in [3.63, 3.8) is 0 Å². The lowest BCUT2D eigenvalue weighted by Crippen LogP contribution is -2.61. The molecular weight excluding hydrogens is 304 g/mol. The number of ether oxygens (including phenoxy) is 1. The lowest BCUT2D eigenvalue weighted by molar-refractivity contribution is -0.238. The van der Waals surface area contributed by atoms with Crippen molar-refractivity contribution < 1.29 is 35.1 Å². The van der Waals surface area contributed by atoms with Crippen LogP contribution in [0.25, 0.3) is 0 Å². The maximum atomic E-state index is 11.5. The Balaban J connectivity index is 2.67. The van der Waals surface area contributed by atoms with Crippen LogP contribution in [0.3, 0.4) is 0 Å². The first-order valence-electron chi connectivity index (χ1n) is 8.41. The summed E-state index contributed by atoms with van der Waals surface area (Å²) in [6.07, 6.45) is -2.48. The molecule has 2 unspecified atom stereocenters. The molecule has 0 saturated carbocycles. The van der Waals surface area contributed by atoms with Crippen LogP contribution in [0.15, 0.2) is 0 Å². The van der Waals surface area contributed by atoms with Crippen molar-refractivity contribution in [1.29, 1.82) is 0 Å². The predicted molar refractivity (Wildman–Crippen MR) is 82.9 cm³/mol. The summed E-state index contributed by atoms with van der Waals surface area (Å²) < 4.78 is 5.37. The Labute approximate surface area is 136 Å². The van der Waals surface area contributed by atoms with Gasteiger partial charge in [-0.1, -0.05) is 39.0 Å². The highest BCUT2D eigenvalue weighted by Crippen LogP contribution is 2.29. The van der Waals surface area contributed by atoms with Crippen molar-refractivity contribution in [1.82, 2.24) is 0 Å². The summed E-state index contributed by atoms with van der Waals surface area (Å²) in [4.78, 5) is 11.5. The fourth-order valence-electron chi connectivity index (χ4n) is 3.04. The zero-order chi connectivity index (χ0) is 17.6. The SMILES string of the molecule is CCCCCCCC(O)C(C(=O)O)[C@H]1O[C@@H](C)[C@H](O)[C@@H](O)[C@H]1O. The first-order chi connectivity index (χ1) is 10.8. The Kier molecular flexibility index (Phi) is 8.42. The van der Waals surface area contributed by atoms with E-state index in [1.165, 1.54) is 6.92 Å². The highest BCUT2D eigenvalue weighted by atomic mass is 16.5. The van der Waals surface area contributed by atoms with Crippen molar-refractivity contribution in [3.8, 4) is 0 Å². The number of carbonyl (C=O) groups is 1. The zero-order valence-corrected chi connectivity index (χ0v) is 13.8. The molecule has 5 N–H and O–H groups in total. The molecule has 1 fully saturated rings. The minimum absolute atomic E-state index is 0.292. The maximum absolute atomic E-state index is 11.5. The second-order valence-electron chi connectivity index (χ2n) is 6.41. The summed E-state index contributed by atoms with van der Waals surface area (Å²) in [6.45, 7) is 3.58. The van der Waals surface area contributed by atoms with E-state index in [0.717, 1.165) is 25.7 Å². The van der Waals surface area contributed by atoms with Crippen LogP contribution in [0.1, 0.15) is 52.4 Å². The topological polar surface area (TPSA) is 127 Å². The molecule has 7 nitrogen and oxygen atoms in total. The number of aliphatic carboxylic acids is 1. The number of rotatable bonds is 9. The average molecular weight is 334 g/mol. The molecule has 7 atom stereocenters. The standard InChI is InChI=1S/C16H30O7/c1-3-4-5-6-7-8-10(17)11(16(21)22)15-14(20)13(19)12(18)9(2)23-15/h9-15,17-20H,3-8H2,1-2H3,(H,21,22)/t9-,10?,11?,12-,13+,14+,15+/m0/s1. The molecule has 7 heteroatoms. The largest absolute Gasteiger partial charge is 0.481 e. The molecule has 0 aliphatic carbocycles. The quantitative estimate of drug-likeness (QED) is 0.383. The summed E-state index contributed by atoms with van der Waals surface area (Å²) in [5.41, 5.74) is 0. The number of carboxylic acid groups (broad SMARTS) is 1. The van der Waals surface area contributed by atoms with Gasteiger partial charge in [-0.05, 0) is 13.3 Å². The fraction of sp³-hybridized carbons (Fsp3) is 0.938. The Hall–Kier alpha value is -0.730. The molecule has 0 aromatic rings. The molecule has 0 aromatic heterocycles. The van der Waals surface area contributed by atoms with Crippen molar-refractivity contribution in [2.45, 2.75) is 89.0 Å². The zero-order valence-electron chi connectivity index (χ0n) is 13.8. The van der Waals surface area contributed by atoms with Crippen molar-refractivity contribution in [2.24, 2.45) is 5.92 Å². The summed E-state index contributed by atoms with van der Waals surface area (Å²) in [6, 6.07) is 0. The summed E-state index contributed by atoms with van der Waals surface area (Å²) in [7, 11) is 0. The number of hydrogen-bond donors (Lipinski definition) is 5. The molecule has 1 aliphatic heterocycles. The van der Waals surface area contributed by atoms with Crippen LogP contribution >= 0.6 is 0 Å². The second kappa shape index (κ2) is 9.54. The third-order valence-electron chi connectivity index (χ3n) is 4.55. The van der Waals surface area contributed by atoms with E-state index in [1.807, 2.05) is 0 Å². The molecule has 0 amide bonds. The minimum atomic E-state index is -1.56. The second-order valence-corrected chi connectivity index (χ2v) is 6.41. The van der Waals surface area contributed by atoms with Crippen LogP contribution in [-0.4, -0.2) is 68.1 Å². The molecule has 1 saturated heterocycles. The predicted octanol–water partition coefficient (Wildman–Crippen LogP) is 0.279. The van der Waals surface area contributed by atoms with Gasteiger partial charge in [0.2, 0.25) is 0 Å². The smallest absolute Gasteiger partial charge is 0.311 e. The van der Waals surface area contributed by atoms with Crippen LogP contribution in [0, 0.1) is 5.92 Å². The Morgan fingerprint density at radius 1 is 1.04 bits per heavy atom. The molecule has 0 radical (unpaired) electrons. The van der Waals surface area contributed by atoms with E-state index in [0.29, 0.717) is 12.8 Å². The van der Waals surface area contributed by atoms with E-state index in [-0.39, 0.29) is 0 Å². The van der Waals surface area contributed by atoms with Gasteiger partial charge in [-0.15, -0.1) is 0 Å². The first kappa shape index (κ1) is 20.3. The Morgan fingerprint density at radius 2 is 1.65 bits per heavy atom. The van der Waals surface area contributed by atoms with Gasteiger partial charge in [0, 0.05) is 0 Å². The van der Waals surface area contributed by atoms with E-state index in [4.69, 9.17) is 4.74 Å². The van der Waals surface area contributed by atoms with Gasteiger partial charge in [0.1, 0.15) is 30.3 Å². The maximum Gasteiger partial charge on any atom is 0.311 e. The Bertz CT molecular complexity index is 362. The van der Waals surface area contributed by atoms with Gasteiger partial charge in [0.05, 0.1) is 12.2 Å². The van der Waals surface area contributed by atoms with E-state index >= 15 is 0 Å². The average Bonchev–Trinajstić information content (AvgIpc) is 2.50. The van der Waals surface area contributed by atoms with Crippen LogP contribution < -0.4 is 0 Å². The van der Waals surface area contributed by atoms with Crippen LogP contribution in [0.5, 0.6) is 0 Å². The molecule has 23 heavy (non-hydrogen) atoms. The summed E-state index contributed by atoms with van der Waals surface area (Å²) in [5.74, 6) is -2.63. The highest BCUT2D eigenvalue weighted by Gasteiger charge is 2.49. The van der Waals surface area contributed by atoms with Gasteiger partial charge in [0.15, 0.2) is 0 Å². The lowest BCUT2D eigenvalue weighted by atomic mass is 9.83. The van der Waals surface area contributed by atoms with Gasteiger partial charge >= 0.3 is 5.97 Å². The summed E-state index contributed by atoms with van der Waals surface area (Å²) in [5, 5.41) is 49.1. The number of carboxylic acids is 1. The van der Waals surface area contributed by atoms with Gasteiger partial charge in [0.25, 0.3) is 0 Å². The van der Waals surface area contributed by atoms with E-state index in [9.17, 15) is 30.3 Å². The molecule has 136 valence electrons. The van der Waals surface area contributed by atoms with Crippen molar-refractivity contribution in [2.75, 3.05) is 0 Å². The first-order valence-corrected chi connectivity index (χ1v) is 8.41. The molecule has 0 aromatic carbocycles. The van der Waals surface area contributed by atoms with E-state index < -0.39 is 48.5 Å². The molecular formula is C16H30O7. The third kappa shape index (κ3) is 5.39. The number of unbranched alkanes of at least 4 members (excludes halogenated alkanes) is 4. The van der Waals surface area contributed by atoms with E-state index in [1.54, 1.807) is 0 Å². The normalized spacial score (nSPS) is 34.1. The van der Waals surface area contributed by atoms with Crippen molar-refractivity contribution in [3.05, 3.63) is 0 Å². The molecule has 0 spiro atoms. The van der Waals surface area contributed by atoms with Crippen LogP contribution in [0.2, 0.25) is 0 Å². The fourth-order valence-corrected chi connectivity index (χ4v) is 3.04. The number of hydrogen-bond acceptors (Lipinski definition) is 6. The highest BCUT2D eigenvalue weighted by molar-refractivity contribution is 5.71. The third-order valence-corrected chi connectivity index (χ3v) is 4.55. The summed E-state index contributed by atoms with van der Waals surface area (Å²) >= 11 is 0. The van der Waals surface area contributed by atoms with E-state index in [2.05, 4.69) is 6.92 Å². The molecule has 0 bridgehead atoms. The Morgan fingerprint density at radius 3 is 2.22 bits per heavy atom. The monoisotopic (exact) mass is 334 g/mol. The lowest BCUT2D eigenvalue weighted by Gasteiger charge is -2.42. The minimum Gasteiger partial charge on any atom is -0.481 e. The molecule has 1 rings (SSSR count). The van der Waals surface area contributed by atoms with Crippen LogP contribution in [0.4, 0.5) is 0 Å².